The van der Waals surface area contributed by atoms with Crippen LogP contribution in [0, 0.1) is 5.92 Å². The molecule has 0 radical (unpaired) electrons. The van der Waals surface area contributed by atoms with Crippen molar-refractivity contribution in [1.29, 1.82) is 0 Å². The van der Waals surface area contributed by atoms with E-state index in [-0.39, 0.29) is 12.4 Å². The molecule has 1 aromatic carbocycles. The molecule has 1 heterocycles. The minimum atomic E-state index is 0. The van der Waals surface area contributed by atoms with Gasteiger partial charge in [-0.25, -0.2) is 0 Å². The summed E-state index contributed by atoms with van der Waals surface area (Å²) in [4.78, 5) is 2.51. The summed E-state index contributed by atoms with van der Waals surface area (Å²) in [6.45, 7) is 5.34. The molecule has 2 rings (SSSR count). The first-order chi connectivity index (χ1) is 8.24. The van der Waals surface area contributed by atoms with E-state index in [1.54, 1.807) is 7.11 Å². The van der Waals surface area contributed by atoms with E-state index in [2.05, 4.69) is 30.0 Å². The molecular weight excluding hydrogens is 248 g/mol. The van der Waals surface area contributed by atoms with Gasteiger partial charge in [0.2, 0.25) is 0 Å². The fraction of sp³-hybridized carbons (Fsp3) is 0.571. The van der Waals surface area contributed by atoms with E-state index < -0.39 is 0 Å². The summed E-state index contributed by atoms with van der Waals surface area (Å²) in [5.74, 6) is 1.60. The molecule has 3 nitrogen and oxygen atoms in total. The Labute approximate surface area is 116 Å². The van der Waals surface area contributed by atoms with Crippen LogP contribution in [0.15, 0.2) is 24.3 Å². The molecule has 1 aromatic rings. The number of likely N-dealkylation sites (tertiary alicyclic amines) is 1. The Morgan fingerprint density at radius 1 is 1.50 bits per heavy atom. The van der Waals surface area contributed by atoms with Crippen molar-refractivity contribution in [2.45, 2.75) is 19.4 Å². The van der Waals surface area contributed by atoms with Crippen molar-refractivity contribution in [2.24, 2.45) is 11.7 Å². The van der Waals surface area contributed by atoms with E-state index in [4.69, 9.17) is 10.5 Å². The molecule has 0 saturated carbocycles. The highest BCUT2D eigenvalue weighted by Crippen LogP contribution is 2.28. The van der Waals surface area contributed by atoms with Crippen LogP contribution in [0.4, 0.5) is 0 Å². The fourth-order valence-electron chi connectivity index (χ4n) is 2.52. The number of rotatable bonds is 4. The van der Waals surface area contributed by atoms with Crippen LogP contribution in [0.5, 0.6) is 5.75 Å². The van der Waals surface area contributed by atoms with Crippen LogP contribution < -0.4 is 10.5 Å². The van der Waals surface area contributed by atoms with Crippen LogP contribution in [-0.4, -0.2) is 31.6 Å². The number of methoxy groups -OCH3 is 1. The zero-order chi connectivity index (χ0) is 12.3. The van der Waals surface area contributed by atoms with Gasteiger partial charge in [-0.15, -0.1) is 12.4 Å². The third-order valence-electron chi connectivity index (χ3n) is 3.77. The van der Waals surface area contributed by atoms with Gasteiger partial charge in [-0.2, -0.15) is 0 Å². The van der Waals surface area contributed by atoms with Gasteiger partial charge < -0.3 is 10.5 Å². The maximum absolute atomic E-state index is 5.73. The van der Waals surface area contributed by atoms with Crippen molar-refractivity contribution >= 4 is 12.4 Å². The number of halogens is 1. The first kappa shape index (κ1) is 15.3. The van der Waals surface area contributed by atoms with Crippen molar-refractivity contribution in [3.8, 4) is 5.75 Å². The lowest BCUT2D eigenvalue weighted by molar-refractivity contribution is 0.253. The van der Waals surface area contributed by atoms with E-state index in [0.717, 1.165) is 25.4 Å². The lowest BCUT2D eigenvalue weighted by atomic mass is 10.1. The normalized spacial score (nSPS) is 21.4. The molecule has 102 valence electrons. The Balaban J connectivity index is 0.00000162. The molecule has 1 aliphatic rings. The number of hydrogen-bond acceptors (Lipinski definition) is 3. The lowest BCUT2D eigenvalue weighted by Gasteiger charge is -2.25. The molecule has 1 fully saturated rings. The van der Waals surface area contributed by atoms with E-state index in [1.807, 2.05) is 6.07 Å². The van der Waals surface area contributed by atoms with E-state index in [0.29, 0.717) is 12.0 Å². The third-order valence-corrected chi connectivity index (χ3v) is 3.77. The largest absolute Gasteiger partial charge is 0.497 e. The highest BCUT2D eigenvalue weighted by Gasteiger charge is 2.25. The maximum atomic E-state index is 5.73. The molecule has 0 amide bonds. The van der Waals surface area contributed by atoms with Crippen LogP contribution in [-0.2, 0) is 0 Å². The van der Waals surface area contributed by atoms with Crippen molar-refractivity contribution < 1.29 is 4.74 Å². The molecule has 1 saturated heterocycles. The molecular formula is C14H23ClN2O. The molecule has 4 heteroatoms. The van der Waals surface area contributed by atoms with Crippen LogP contribution >= 0.6 is 12.4 Å². The number of nitrogens with zero attached hydrogens (tertiary/aromatic N) is 1. The van der Waals surface area contributed by atoms with Gasteiger partial charge in [-0.3, -0.25) is 4.90 Å². The van der Waals surface area contributed by atoms with Gasteiger partial charge in [0.1, 0.15) is 5.75 Å². The minimum absolute atomic E-state index is 0. The lowest BCUT2D eigenvalue weighted by Crippen LogP contribution is -2.26. The van der Waals surface area contributed by atoms with Crippen LogP contribution in [0.25, 0.3) is 0 Å². The molecule has 0 aromatic heterocycles. The smallest absolute Gasteiger partial charge is 0.119 e. The summed E-state index contributed by atoms with van der Waals surface area (Å²) < 4.78 is 5.27. The van der Waals surface area contributed by atoms with Crippen molar-refractivity contribution in [3.63, 3.8) is 0 Å². The summed E-state index contributed by atoms with van der Waals surface area (Å²) in [5.41, 5.74) is 7.06. The summed E-state index contributed by atoms with van der Waals surface area (Å²) >= 11 is 0. The van der Waals surface area contributed by atoms with Crippen LogP contribution in [0.1, 0.15) is 24.9 Å². The summed E-state index contributed by atoms with van der Waals surface area (Å²) in [5, 5.41) is 0. The number of nitrogens with two attached hydrogens (primary N) is 1. The second-order valence-corrected chi connectivity index (χ2v) is 4.84. The molecule has 2 atom stereocenters. The van der Waals surface area contributed by atoms with Gasteiger partial charge in [0.25, 0.3) is 0 Å². The highest BCUT2D eigenvalue weighted by molar-refractivity contribution is 5.85. The standard InChI is InChI=1S/C14H22N2O.ClH/c1-11(16-7-6-12(9-15)10-16)13-4-3-5-14(8-13)17-2;/h3-5,8,11-12H,6-7,9-10,15H2,1-2H3;1H. The number of ether oxygens (including phenoxy) is 1. The third kappa shape index (κ3) is 3.37. The van der Waals surface area contributed by atoms with Gasteiger partial charge in [0.15, 0.2) is 0 Å². The quantitative estimate of drug-likeness (QED) is 0.913. The summed E-state index contributed by atoms with van der Waals surface area (Å²) in [7, 11) is 1.71. The van der Waals surface area contributed by atoms with Crippen molar-refractivity contribution in [3.05, 3.63) is 29.8 Å². The Bertz CT molecular complexity index is 373. The Morgan fingerprint density at radius 3 is 2.89 bits per heavy atom. The molecule has 1 aliphatic heterocycles. The molecule has 2 N–H and O–H groups in total. The van der Waals surface area contributed by atoms with E-state index >= 15 is 0 Å². The SMILES string of the molecule is COc1cccc(C(C)N2CCC(CN)C2)c1.Cl. The molecule has 18 heavy (non-hydrogen) atoms. The van der Waals surface area contributed by atoms with E-state index in [1.165, 1.54) is 12.0 Å². The molecule has 0 bridgehead atoms. The Hall–Kier alpha value is -0.770. The maximum Gasteiger partial charge on any atom is 0.119 e. The molecule has 0 spiro atoms. The highest BCUT2D eigenvalue weighted by atomic mass is 35.5. The number of benzene rings is 1. The zero-order valence-electron chi connectivity index (χ0n) is 11.1. The molecule has 0 aliphatic carbocycles. The van der Waals surface area contributed by atoms with Gasteiger partial charge in [0.05, 0.1) is 7.11 Å². The first-order valence-electron chi connectivity index (χ1n) is 6.32. The predicted octanol–water partition coefficient (Wildman–Crippen LogP) is 2.46. The molecule has 2 unspecified atom stereocenters. The first-order valence-corrected chi connectivity index (χ1v) is 6.32. The van der Waals surface area contributed by atoms with E-state index in [9.17, 15) is 0 Å². The van der Waals surface area contributed by atoms with Gasteiger partial charge in [0, 0.05) is 12.6 Å². The Kier molecular flexibility index (Phi) is 5.93. The second kappa shape index (κ2) is 6.98. The summed E-state index contributed by atoms with van der Waals surface area (Å²) in [6.07, 6.45) is 1.23. The average Bonchev–Trinajstić information content (AvgIpc) is 2.86. The van der Waals surface area contributed by atoms with Gasteiger partial charge in [-0.1, -0.05) is 12.1 Å². The van der Waals surface area contributed by atoms with Gasteiger partial charge in [-0.05, 0) is 50.0 Å². The Morgan fingerprint density at radius 2 is 2.28 bits per heavy atom. The predicted molar refractivity (Wildman–Crippen MR) is 77.4 cm³/mol. The van der Waals surface area contributed by atoms with Gasteiger partial charge >= 0.3 is 0 Å². The second-order valence-electron chi connectivity index (χ2n) is 4.84. The topological polar surface area (TPSA) is 38.5 Å². The minimum Gasteiger partial charge on any atom is -0.497 e. The average molecular weight is 271 g/mol. The van der Waals surface area contributed by atoms with Crippen molar-refractivity contribution in [2.75, 3.05) is 26.7 Å². The summed E-state index contributed by atoms with van der Waals surface area (Å²) in [6, 6.07) is 8.79. The van der Waals surface area contributed by atoms with Crippen LogP contribution in [0.3, 0.4) is 0 Å². The number of hydrogen-bond donors (Lipinski definition) is 1. The van der Waals surface area contributed by atoms with Crippen molar-refractivity contribution in [1.82, 2.24) is 4.90 Å². The monoisotopic (exact) mass is 270 g/mol. The zero-order valence-corrected chi connectivity index (χ0v) is 12.0. The fourth-order valence-corrected chi connectivity index (χ4v) is 2.52. The van der Waals surface area contributed by atoms with Crippen LogP contribution in [0.2, 0.25) is 0 Å².